The van der Waals surface area contributed by atoms with Crippen molar-refractivity contribution in [3.05, 3.63) is 78.0 Å². The van der Waals surface area contributed by atoms with Gasteiger partial charge in [0.2, 0.25) is 5.91 Å². The van der Waals surface area contributed by atoms with Gasteiger partial charge in [-0.15, -0.1) is 13.2 Å². The Kier molecular flexibility index (Phi) is 11.4. The molecule has 0 aliphatic carbocycles. The van der Waals surface area contributed by atoms with Gasteiger partial charge in [-0.25, -0.2) is 0 Å². The van der Waals surface area contributed by atoms with Crippen LogP contribution in [0.15, 0.2) is 66.9 Å². The fourth-order valence-corrected chi connectivity index (χ4v) is 7.09. The van der Waals surface area contributed by atoms with Gasteiger partial charge in [0.25, 0.3) is 0 Å². The number of nitrogens with one attached hydrogen (secondary N) is 2. The number of halogens is 3. The number of nitrogens with zero attached hydrogens (tertiary/aromatic N) is 3. The minimum Gasteiger partial charge on any atom is -0.496 e. The minimum absolute atomic E-state index is 0.117. The van der Waals surface area contributed by atoms with Crippen LogP contribution < -0.4 is 30.6 Å². The second-order valence-corrected chi connectivity index (χ2v) is 13.4. The molecule has 1 aromatic heterocycles. The van der Waals surface area contributed by atoms with E-state index < -0.39 is 11.9 Å². The zero-order chi connectivity index (χ0) is 36.0. The smallest absolute Gasteiger partial charge is 0.496 e. The Morgan fingerprint density at radius 1 is 0.922 bits per heavy atom. The average molecular weight is 709 g/mol. The lowest BCUT2D eigenvalue weighted by Gasteiger charge is -2.35. The van der Waals surface area contributed by atoms with Crippen molar-refractivity contribution in [2.75, 3.05) is 60.0 Å². The third-order valence-corrected chi connectivity index (χ3v) is 9.94. The number of nitrogens with two attached hydrogens (primary N) is 1. The zero-order valence-corrected chi connectivity index (χ0v) is 29.2. The molecule has 274 valence electrons. The first kappa shape index (κ1) is 36.5. The fourth-order valence-electron chi connectivity index (χ4n) is 7.09. The van der Waals surface area contributed by atoms with Crippen molar-refractivity contribution in [3.63, 3.8) is 0 Å². The summed E-state index contributed by atoms with van der Waals surface area (Å²) in [7, 11) is 3.35. The normalized spacial score (nSPS) is 17.0. The van der Waals surface area contributed by atoms with Gasteiger partial charge >= 0.3 is 6.36 Å². The Morgan fingerprint density at radius 2 is 1.57 bits per heavy atom. The van der Waals surface area contributed by atoms with Gasteiger partial charge in [-0.05, 0) is 79.9 Å². The van der Waals surface area contributed by atoms with Crippen molar-refractivity contribution in [2.45, 2.75) is 50.8 Å². The lowest BCUT2D eigenvalue weighted by atomic mass is 9.88. The zero-order valence-electron chi connectivity index (χ0n) is 29.2. The number of rotatable bonds is 13. The standard InChI is InChI=1S/C38H47F3N6O4/c1-49-34-5-3-6-35(50-2)32(34)25-46-21-19-45(20-22-46)24-27-7-12-33-30(23-27)31(28-8-10-29(11-9-28)51-38(39,40)41)26-47(33)18-4-15-44-36(48)37(42)13-16-43-17-14-37/h3,5-12,23,26,43H,4,13-22,24-25,42H2,1-2H3,(H,44,48). The highest BCUT2D eigenvalue weighted by atomic mass is 19.4. The molecule has 0 radical (unpaired) electrons. The van der Waals surface area contributed by atoms with Crippen LogP contribution in [0.2, 0.25) is 0 Å². The van der Waals surface area contributed by atoms with Gasteiger partial charge in [0.15, 0.2) is 0 Å². The number of amides is 1. The van der Waals surface area contributed by atoms with Crippen LogP contribution in [-0.2, 0) is 24.4 Å². The van der Waals surface area contributed by atoms with E-state index in [-0.39, 0.29) is 11.7 Å². The molecule has 2 saturated heterocycles. The summed E-state index contributed by atoms with van der Waals surface area (Å²) in [6.45, 7) is 7.68. The number of aromatic nitrogens is 1. The Hall–Kier alpha value is -4.30. The van der Waals surface area contributed by atoms with Crippen molar-refractivity contribution in [3.8, 4) is 28.4 Å². The van der Waals surface area contributed by atoms with Gasteiger partial charge in [-0.2, -0.15) is 0 Å². The van der Waals surface area contributed by atoms with Gasteiger partial charge < -0.3 is 35.1 Å². The van der Waals surface area contributed by atoms with E-state index in [4.69, 9.17) is 15.2 Å². The number of piperazine rings is 1. The van der Waals surface area contributed by atoms with Crippen molar-refractivity contribution in [1.82, 2.24) is 25.0 Å². The molecule has 3 heterocycles. The molecule has 3 aromatic carbocycles. The summed E-state index contributed by atoms with van der Waals surface area (Å²) in [6.07, 6.45) is -0.820. The number of fused-ring (bicyclic) bond motifs is 1. The molecule has 0 bridgehead atoms. The van der Waals surface area contributed by atoms with Crippen LogP contribution in [0.25, 0.3) is 22.0 Å². The van der Waals surface area contributed by atoms with Crippen molar-refractivity contribution in [2.24, 2.45) is 5.73 Å². The maximum Gasteiger partial charge on any atom is 0.573 e. The van der Waals surface area contributed by atoms with Gasteiger partial charge in [-0.3, -0.25) is 14.6 Å². The topological polar surface area (TPSA) is 106 Å². The summed E-state index contributed by atoms with van der Waals surface area (Å²) in [5.74, 6) is 1.26. The van der Waals surface area contributed by atoms with Crippen LogP contribution in [0.4, 0.5) is 13.2 Å². The molecule has 51 heavy (non-hydrogen) atoms. The van der Waals surface area contributed by atoms with E-state index in [1.807, 2.05) is 24.4 Å². The lowest BCUT2D eigenvalue weighted by Crippen LogP contribution is -2.59. The summed E-state index contributed by atoms with van der Waals surface area (Å²) >= 11 is 0. The molecule has 1 amide bonds. The molecule has 0 spiro atoms. The Labute approximate surface area is 296 Å². The van der Waals surface area contributed by atoms with E-state index in [1.54, 1.807) is 26.4 Å². The molecule has 0 unspecified atom stereocenters. The summed E-state index contributed by atoms with van der Waals surface area (Å²) < 4.78 is 56.0. The quantitative estimate of drug-likeness (QED) is 0.164. The molecule has 4 N–H and O–H groups in total. The monoisotopic (exact) mass is 708 g/mol. The van der Waals surface area contributed by atoms with Crippen molar-refractivity contribution >= 4 is 16.8 Å². The number of carbonyl (C=O) groups is 1. The number of carbonyl (C=O) groups excluding carboxylic acids is 1. The third-order valence-electron chi connectivity index (χ3n) is 9.94. The maximum absolute atomic E-state index is 12.8. The Bertz CT molecular complexity index is 1760. The first-order chi connectivity index (χ1) is 24.5. The number of hydrogen-bond donors (Lipinski definition) is 3. The summed E-state index contributed by atoms with van der Waals surface area (Å²) in [5, 5.41) is 7.28. The molecule has 10 nitrogen and oxygen atoms in total. The Morgan fingerprint density at radius 3 is 2.20 bits per heavy atom. The molecule has 2 fully saturated rings. The highest BCUT2D eigenvalue weighted by molar-refractivity contribution is 5.96. The van der Waals surface area contributed by atoms with Gasteiger partial charge in [0, 0.05) is 75.0 Å². The van der Waals surface area contributed by atoms with Crippen molar-refractivity contribution in [1.29, 1.82) is 0 Å². The molecule has 0 atom stereocenters. The summed E-state index contributed by atoms with van der Waals surface area (Å²) in [6, 6.07) is 18.3. The Balaban J connectivity index is 1.15. The molecular formula is C38H47F3N6O4. The fraction of sp³-hybridized carbons (Fsp3) is 0.447. The first-order valence-electron chi connectivity index (χ1n) is 17.5. The van der Waals surface area contributed by atoms with E-state index >= 15 is 0 Å². The van der Waals surface area contributed by atoms with Crippen LogP contribution in [0.5, 0.6) is 17.2 Å². The van der Waals surface area contributed by atoms with Crippen LogP contribution in [-0.4, -0.2) is 92.2 Å². The minimum atomic E-state index is -4.76. The molecule has 4 aromatic rings. The summed E-state index contributed by atoms with van der Waals surface area (Å²) in [4.78, 5) is 17.7. The number of aryl methyl sites for hydroxylation is 1. The van der Waals surface area contributed by atoms with Crippen LogP contribution in [0.3, 0.4) is 0 Å². The van der Waals surface area contributed by atoms with Crippen LogP contribution >= 0.6 is 0 Å². The highest BCUT2D eigenvalue weighted by Crippen LogP contribution is 2.34. The van der Waals surface area contributed by atoms with Crippen LogP contribution in [0, 0.1) is 0 Å². The maximum atomic E-state index is 12.8. The predicted molar refractivity (Wildman–Crippen MR) is 191 cm³/mol. The number of benzene rings is 3. The van der Waals surface area contributed by atoms with Gasteiger partial charge in [0.1, 0.15) is 17.2 Å². The van der Waals surface area contributed by atoms with E-state index in [0.29, 0.717) is 32.4 Å². The average Bonchev–Trinajstić information content (AvgIpc) is 3.48. The molecule has 6 rings (SSSR count). The second-order valence-electron chi connectivity index (χ2n) is 13.4. The molecular weight excluding hydrogens is 661 g/mol. The predicted octanol–water partition coefficient (Wildman–Crippen LogP) is 5.13. The van der Waals surface area contributed by atoms with E-state index in [1.165, 1.54) is 12.1 Å². The molecule has 13 heteroatoms. The number of methoxy groups -OCH3 is 2. The number of alkyl halides is 3. The van der Waals surface area contributed by atoms with E-state index in [0.717, 1.165) is 97.0 Å². The third kappa shape index (κ3) is 8.96. The first-order valence-corrected chi connectivity index (χ1v) is 17.5. The highest BCUT2D eigenvalue weighted by Gasteiger charge is 2.35. The largest absolute Gasteiger partial charge is 0.573 e. The molecule has 0 saturated carbocycles. The van der Waals surface area contributed by atoms with Crippen molar-refractivity contribution < 1.29 is 32.2 Å². The molecule has 2 aliphatic rings. The number of hydrogen-bond acceptors (Lipinski definition) is 8. The second kappa shape index (κ2) is 15.9. The lowest BCUT2D eigenvalue weighted by molar-refractivity contribution is -0.274. The van der Waals surface area contributed by atoms with E-state index in [9.17, 15) is 18.0 Å². The summed E-state index contributed by atoms with van der Waals surface area (Å²) in [5.41, 5.74) is 10.5. The van der Waals surface area contributed by atoms with Gasteiger partial charge in [-0.1, -0.05) is 24.3 Å². The SMILES string of the molecule is COc1cccc(OC)c1CN1CCN(Cc2ccc3c(c2)c(-c2ccc(OC(F)(F)F)cc2)cn3CCCNC(=O)C2(N)CCNCC2)CC1. The van der Waals surface area contributed by atoms with E-state index in [2.05, 4.69) is 47.9 Å². The number of piperidine rings is 1. The van der Waals surface area contributed by atoms with Crippen LogP contribution in [0.1, 0.15) is 30.4 Å². The van der Waals surface area contributed by atoms with Gasteiger partial charge in [0.05, 0.1) is 25.3 Å². The molecule has 2 aliphatic heterocycles. The number of ether oxygens (including phenoxy) is 3.